The molecule has 0 unspecified atom stereocenters. The van der Waals surface area contributed by atoms with E-state index >= 15 is 0 Å². The Hall–Kier alpha value is -0.940. The van der Waals surface area contributed by atoms with E-state index in [1.54, 1.807) is 12.1 Å². The molecule has 0 bridgehead atoms. The van der Waals surface area contributed by atoms with Crippen molar-refractivity contribution in [1.29, 1.82) is 0 Å². The van der Waals surface area contributed by atoms with Crippen LogP contribution in [0.1, 0.15) is 19.3 Å². The highest BCUT2D eigenvalue weighted by atomic mass is 32.2. The molecule has 1 aromatic rings. The monoisotopic (exact) mass is 228 g/mol. The Kier molecular flexibility index (Phi) is 4.71. The highest BCUT2D eigenvalue weighted by Gasteiger charge is 2.14. The van der Waals surface area contributed by atoms with Gasteiger partial charge < -0.3 is 0 Å². The van der Waals surface area contributed by atoms with Crippen LogP contribution in [0.3, 0.4) is 0 Å². The van der Waals surface area contributed by atoms with Crippen molar-refractivity contribution in [3.63, 3.8) is 0 Å². The second-order valence-corrected chi connectivity index (χ2v) is 5.31. The minimum Gasteiger partial charge on any atom is -0.245 e. The lowest BCUT2D eigenvalue weighted by Crippen LogP contribution is -2.08. The Labute approximate surface area is 89.9 Å². The summed E-state index contributed by atoms with van der Waals surface area (Å²) >= 11 is 0. The number of sulfone groups is 1. The highest BCUT2D eigenvalue weighted by Crippen LogP contribution is 2.09. The summed E-state index contributed by atoms with van der Waals surface area (Å²) in [5.74, 6) is 0.0734. The zero-order chi connectivity index (χ0) is 11.1. The van der Waals surface area contributed by atoms with Gasteiger partial charge in [0.05, 0.1) is 12.4 Å². The van der Waals surface area contributed by atoms with Crippen LogP contribution in [0, 0.1) is 0 Å². The summed E-state index contributed by atoms with van der Waals surface area (Å²) < 4.78 is 23.3. The first kappa shape index (κ1) is 12.1. The number of unbranched alkanes of at least 4 members (excludes halogenated alkanes) is 2. The van der Waals surface area contributed by atoms with Crippen molar-refractivity contribution >= 4 is 9.84 Å². The summed E-state index contributed by atoms with van der Waals surface area (Å²) in [4.78, 5) is 3.80. The van der Waals surface area contributed by atoms with Crippen molar-refractivity contribution in [2.75, 3.05) is 12.4 Å². The minimum absolute atomic E-state index is 0.0734. The fourth-order valence-electron chi connectivity index (χ4n) is 1.21. The Morgan fingerprint density at radius 1 is 1.13 bits per heavy atom. The van der Waals surface area contributed by atoms with Crippen LogP contribution in [0.15, 0.2) is 29.4 Å². The molecule has 0 aromatic carbocycles. The molecule has 1 rings (SSSR count). The van der Waals surface area contributed by atoms with Gasteiger partial charge in [-0.05, 0) is 25.0 Å². The lowest BCUT2D eigenvalue weighted by Gasteiger charge is -2.02. The summed E-state index contributed by atoms with van der Waals surface area (Å²) in [5, 5.41) is 10.3. The number of hydrogen-bond donors (Lipinski definition) is 0. The van der Waals surface area contributed by atoms with Crippen molar-refractivity contribution in [2.24, 2.45) is 0 Å². The predicted octanol–water partition coefficient (Wildman–Crippen LogP) is 1.46. The molecule has 0 N–H and O–H groups in total. The lowest BCUT2D eigenvalue weighted by molar-refractivity contribution is 0.186. The zero-order valence-electron chi connectivity index (χ0n) is 8.43. The maximum Gasteiger partial charge on any atom is 0.195 e. The molecule has 0 atom stereocenters. The van der Waals surface area contributed by atoms with Gasteiger partial charge in [0.15, 0.2) is 14.9 Å². The standard InChI is InChI=1S/C10H14NO3S/c12-8-4-1-5-9-15(13,14)10-6-2-3-7-11-10/h2-3,6-7H,1,4-5,8-9H2. The quantitative estimate of drug-likeness (QED) is 0.692. The van der Waals surface area contributed by atoms with E-state index in [1.165, 1.54) is 12.3 Å². The molecular weight excluding hydrogens is 214 g/mol. The Bertz CT molecular complexity index is 375. The molecule has 15 heavy (non-hydrogen) atoms. The van der Waals surface area contributed by atoms with Gasteiger partial charge >= 0.3 is 0 Å². The van der Waals surface area contributed by atoms with Crippen LogP contribution >= 0.6 is 0 Å². The third-order valence-electron chi connectivity index (χ3n) is 2.01. The molecule has 1 heterocycles. The van der Waals surface area contributed by atoms with E-state index < -0.39 is 9.84 Å². The first-order valence-corrected chi connectivity index (χ1v) is 6.54. The molecule has 0 saturated carbocycles. The van der Waals surface area contributed by atoms with Crippen LogP contribution in [0.25, 0.3) is 0 Å². The van der Waals surface area contributed by atoms with Gasteiger partial charge in [-0.15, -0.1) is 0 Å². The number of nitrogens with zero attached hydrogens (tertiary/aromatic N) is 1. The Morgan fingerprint density at radius 2 is 1.93 bits per heavy atom. The lowest BCUT2D eigenvalue weighted by atomic mass is 10.3. The second kappa shape index (κ2) is 5.82. The largest absolute Gasteiger partial charge is 0.245 e. The number of rotatable bonds is 6. The summed E-state index contributed by atoms with van der Waals surface area (Å²) in [5.41, 5.74) is 0. The van der Waals surface area contributed by atoms with E-state index in [0.29, 0.717) is 19.3 Å². The van der Waals surface area contributed by atoms with E-state index in [2.05, 4.69) is 4.98 Å². The highest BCUT2D eigenvalue weighted by molar-refractivity contribution is 7.91. The van der Waals surface area contributed by atoms with Gasteiger partial charge in [0.25, 0.3) is 0 Å². The van der Waals surface area contributed by atoms with Crippen molar-refractivity contribution < 1.29 is 13.5 Å². The van der Waals surface area contributed by atoms with Gasteiger partial charge in [-0.25, -0.2) is 18.5 Å². The van der Waals surface area contributed by atoms with E-state index in [0.717, 1.165) is 0 Å². The predicted molar refractivity (Wildman–Crippen MR) is 55.7 cm³/mol. The topological polar surface area (TPSA) is 66.9 Å². The molecule has 4 nitrogen and oxygen atoms in total. The summed E-state index contributed by atoms with van der Waals surface area (Å²) in [7, 11) is -3.25. The van der Waals surface area contributed by atoms with Gasteiger partial charge in [0.2, 0.25) is 0 Å². The molecule has 5 heteroatoms. The number of hydrogen-bond acceptors (Lipinski definition) is 3. The van der Waals surface area contributed by atoms with Crippen LogP contribution in [0.2, 0.25) is 0 Å². The van der Waals surface area contributed by atoms with Crippen molar-refractivity contribution in [3.8, 4) is 0 Å². The van der Waals surface area contributed by atoms with Gasteiger partial charge in [-0.2, -0.15) is 0 Å². The average molecular weight is 228 g/mol. The van der Waals surface area contributed by atoms with Gasteiger partial charge in [-0.1, -0.05) is 12.5 Å². The van der Waals surface area contributed by atoms with Crippen molar-refractivity contribution in [2.45, 2.75) is 24.3 Å². The maximum absolute atomic E-state index is 11.7. The summed E-state index contributed by atoms with van der Waals surface area (Å²) in [6.07, 6.45) is 3.19. The molecular formula is C10H14NO3S. The molecule has 0 saturated heterocycles. The SMILES string of the molecule is [O]CCCCCS(=O)(=O)c1ccccn1. The van der Waals surface area contributed by atoms with Crippen LogP contribution < -0.4 is 0 Å². The van der Waals surface area contributed by atoms with Crippen LogP contribution in [0.5, 0.6) is 0 Å². The van der Waals surface area contributed by atoms with E-state index in [9.17, 15) is 13.5 Å². The molecule has 0 fully saturated rings. The van der Waals surface area contributed by atoms with Gasteiger partial charge in [-0.3, -0.25) is 0 Å². The van der Waals surface area contributed by atoms with E-state index in [-0.39, 0.29) is 17.4 Å². The minimum atomic E-state index is -3.25. The van der Waals surface area contributed by atoms with Gasteiger partial charge in [0.1, 0.15) is 0 Å². The first-order chi connectivity index (χ1) is 7.17. The smallest absolute Gasteiger partial charge is 0.195 e. The molecule has 0 amide bonds. The van der Waals surface area contributed by atoms with Crippen LogP contribution in [-0.4, -0.2) is 25.8 Å². The third kappa shape index (κ3) is 3.97. The normalized spacial score (nSPS) is 11.5. The molecule has 0 spiro atoms. The first-order valence-electron chi connectivity index (χ1n) is 4.89. The Balaban J connectivity index is 2.53. The number of pyridine rings is 1. The summed E-state index contributed by atoms with van der Waals surface area (Å²) in [6, 6.07) is 4.82. The molecule has 83 valence electrons. The fraction of sp³-hybridized carbons (Fsp3) is 0.500. The Morgan fingerprint density at radius 3 is 2.53 bits per heavy atom. The van der Waals surface area contributed by atoms with Crippen LogP contribution in [-0.2, 0) is 14.9 Å². The molecule has 1 radical (unpaired) electrons. The van der Waals surface area contributed by atoms with E-state index in [1.807, 2.05) is 0 Å². The van der Waals surface area contributed by atoms with Crippen molar-refractivity contribution in [3.05, 3.63) is 24.4 Å². The summed E-state index contributed by atoms with van der Waals surface area (Å²) in [6.45, 7) is -0.135. The molecule has 0 aliphatic carbocycles. The van der Waals surface area contributed by atoms with Crippen LogP contribution in [0.4, 0.5) is 0 Å². The second-order valence-electron chi connectivity index (χ2n) is 3.25. The van der Waals surface area contributed by atoms with Crippen molar-refractivity contribution in [1.82, 2.24) is 4.98 Å². The molecule has 0 aliphatic heterocycles. The average Bonchev–Trinajstić information content (AvgIpc) is 2.26. The molecule has 0 aliphatic rings. The maximum atomic E-state index is 11.7. The zero-order valence-corrected chi connectivity index (χ0v) is 9.24. The van der Waals surface area contributed by atoms with E-state index in [4.69, 9.17) is 0 Å². The third-order valence-corrected chi connectivity index (χ3v) is 3.72. The number of aromatic nitrogens is 1. The van der Waals surface area contributed by atoms with Gasteiger partial charge in [0, 0.05) is 6.20 Å². The fourth-order valence-corrected chi connectivity index (χ4v) is 2.51. The molecule has 1 aromatic heterocycles.